The van der Waals surface area contributed by atoms with Crippen LogP contribution in [0.1, 0.15) is 25.0 Å². The van der Waals surface area contributed by atoms with Gasteiger partial charge in [0.2, 0.25) is 0 Å². The molecule has 0 bridgehead atoms. The summed E-state index contributed by atoms with van der Waals surface area (Å²) in [5.74, 6) is 0. The lowest BCUT2D eigenvalue weighted by molar-refractivity contribution is 1.53. The van der Waals surface area contributed by atoms with Crippen LogP contribution in [0, 0.1) is 0 Å². The van der Waals surface area contributed by atoms with Gasteiger partial charge >= 0.3 is 0 Å². The van der Waals surface area contributed by atoms with E-state index in [4.69, 9.17) is 0 Å². The van der Waals surface area contributed by atoms with Gasteiger partial charge in [-0.1, -0.05) is 47.7 Å². The Morgan fingerprint density at radius 3 is 2.15 bits per heavy atom. The van der Waals surface area contributed by atoms with E-state index >= 15 is 0 Å². The maximum absolute atomic E-state index is 4.01. The van der Waals surface area contributed by atoms with Gasteiger partial charge < -0.3 is 0 Å². The Morgan fingerprint density at radius 2 is 1.77 bits per heavy atom. The fraction of sp³-hybridized carbons (Fsp3) is 0.167. The Kier molecular flexibility index (Phi) is 2.89. The zero-order valence-corrected chi connectivity index (χ0v) is 10.6. The molecule has 68 valence electrons. The van der Waals surface area contributed by atoms with Crippen LogP contribution in [-0.2, 0) is 0 Å². The molecule has 0 nitrogen and oxygen atoms in total. The van der Waals surface area contributed by atoms with Gasteiger partial charge in [0, 0.05) is 10.2 Å². The molecule has 1 heteroatoms. The van der Waals surface area contributed by atoms with Gasteiger partial charge in [-0.2, -0.15) is 0 Å². The molecule has 0 aromatic heterocycles. The summed E-state index contributed by atoms with van der Waals surface area (Å²) in [6.45, 7) is 12.1. The number of hydrogen-bond donors (Lipinski definition) is 0. The number of allylic oxidation sites excluding steroid dienone is 2. The van der Waals surface area contributed by atoms with Crippen LogP contribution in [0.5, 0.6) is 0 Å². The lowest BCUT2D eigenvalue weighted by Crippen LogP contribution is -2.10. The van der Waals surface area contributed by atoms with Crippen molar-refractivity contribution in [3.05, 3.63) is 42.5 Å². The van der Waals surface area contributed by atoms with Gasteiger partial charge in [-0.15, -0.1) is 0 Å². The zero-order chi connectivity index (χ0) is 10.0. The second-order valence-corrected chi connectivity index (χ2v) is 4.64. The van der Waals surface area contributed by atoms with Crippen molar-refractivity contribution in [2.24, 2.45) is 0 Å². The average Bonchev–Trinajstić information content (AvgIpc) is 2.02. The van der Waals surface area contributed by atoms with E-state index in [0.717, 1.165) is 21.4 Å². The quantitative estimate of drug-likeness (QED) is 0.620. The Balaban J connectivity index is 3.43. The molecule has 1 aromatic carbocycles. The average molecular weight is 188 g/mol. The maximum atomic E-state index is 4.01. The highest BCUT2D eigenvalue weighted by Gasteiger charge is 2.05. The highest BCUT2D eigenvalue weighted by molar-refractivity contribution is 6.35. The van der Waals surface area contributed by atoms with Crippen molar-refractivity contribution in [2.45, 2.75) is 13.8 Å². The molecule has 0 aliphatic carbocycles. The van der Waals surface area contributed by atoms with Crippen LogP contribution in [0.2, 0.25) is 0 Å². The van der Waals surface area contributed by atoms with Crippen LogP contribution in [0.4, 0.5) is 0 Å². The number of benzene rings is 1. The van der Waals surface area contributed by atoms with Crippen molar-refractivity contribution < 1.29 is 0 Å². The first-order valence-electron chi connectivity index (χ1n) is 4.45. The lowest BCUT2D eigenvalue weighted by atomic mass is 9.97. The Bertz CT molecular complexity index is 361. The molecular weight excluding hydrogens is 172 g/mol. The molecule has 0 spiro atoms. The van der Waals surface area contributed by atoms with Crippen molar-refractivity contribution in [1.82, 2.24) is 0 Å². The molecule has 0 fully saturated rings. The van der Waals surface area contributed by atoms with E-state index in [1.54, 1.807) is 0 Å². The minimum Gasteiger partial charge on any atom is -0.0955 e. The van der Waals surface area contributed by atoms with Crippen molar-refractivity contribution in [2.75, 3.05) is 0 Å². The molecule has 0 atom stereocenters. The predicted octanol–water partition coefficient (Wildman–Crippen LogP) is 1.74. The summed E-state index contributed by atoms with van der Waals surface area (Å²) in [6, 6.07) is 6.38. The van der Waals surface area contributed by atoms with Gasteiger partial charge in [-0.3, -0.25) is 0 Å². The van der Waals surface area contributed by atoms with Crippen LogP contribution in [0.3, 0.4) is 0 Å². The van der Waals surface area contributed by atoms with E-state index in [1.807, 2.05) is 6.92 Å². The number of hydrogen-bond acceptors (Lipinski definition) is 0. The van der Waals surface area contributed by atoms with E-state index in [0.29, 0.717) is 0 Å². The molecule has 0 aliphatic rings. The summed E-state index contributed by atoms with van der Waals surface area (Å²) in [5.41, 5.74) is 4.82. The SMILES string of the molecule is C=C(C)c1cccc([SiH3])c1C(=C)C. The summed E-state index contributed by atoms with van der Waals surface area (Å²) in [5, 5.41) is 1.41. The third kappa shape index (κ3) is 1.98. The standard InChI is InChI=1S/C12H16Si/c1-8(2)10-6-5-7-11(13)12(10)9(3)4/h5-7H,1,3H2,2,4,13H3. The van der Waals surface area contributed by atoms with E-state index in [2.05, 4.69) is 38.3 Å². The first-order chi connectivity index (χ1) is 6.04. The molecule has 0 saturated carbocycles. The molecule has 1 rings (SSSR count). The van der Waals surface area contributed by atoms with Crippen molar-refractivity contribution >= 4 is 26.6 Å². The highest BCUT2D eigenvalue weighted by Crippen LogP contribution is 2.20. The van der Waals surface area contributed by atoms with Crippen LogP contribution in [-0.4, -0.2) is 10.2 Å². The van der Waals surface area contributed by atoms with Gasteiger partial charge in [0.05, 0.1) is 0 Å². The van der Waals surface area contributed by atoms with E-state index < -0.39 is 0 Å². The van der Waals surface area contributed by atoms with Crippen molar-refractivity contribution in [3.8, 4) is 0 Å². The summed E-state index contributed by atoms with van der Waals surface area (Å²) in [4.78, 5) is 0. The molecule has 0 aliphatic heterocycles. The normalized spacial score (nSPS) is 10.0. The minimum atomic E-state index is 1.07. The lowest BCUT2D eigenvalue weighted by Gasteiger charge is -2.12. The summed E-state index contributed by atoms with van der Waals surface area (Å²) in [6.07, 6.45) is 0. The fourth-order valence-corrected chi connectivity index (χ4v) is 2.48. The molecule has 13 heavy (non-hydrogen) atoms. The predicted molar refractivity (Wildman–Crippen MR) is 65.4 cm³/mol. The van der Waals surface area contributed by atoms with Crippen molar-refractivity contribution in [3.63, 3.8) is 0 Å². The van der Waals surface area contributed by atoms with E-state index in [-0.39, 0.29) is 0 Å². The first kappa shape index (κ1) is 10.0. The van der Waals surface area contributed by atoms with Gasteiger partial charge in [-0.25, -0.2) is 0 Å². The van der Waals surface area contributed by atoms with Gasteiger partial charge in [-0.05, 0) is 25.0 Å². The van der Waals surface area contributed by atoms with Crippen molar-refractivity contribution in [1.29, 1.82) is 0 Å². The minimum absolute atomic E-state index is 1.07. The topological polar surface area (TPSA) is 0 Å². The van der Waals surface area contributed by atoms with Gasteiger partial charge in [0.1, 0.15) is 0 Å². The molecule has 0 heterocycles. The second kappa shape index (κ2) is 3.75. The summed E-state index contributed by atoms with van der Waals surface area (Å²) in [7, 11) is 1.07. The molecule has 0 amide bonds. The Hall–Kier alpha value is -1.08. The van der Waals surface area contributed by atoms with E-state index in [9.17, 15) is 0 Å². The largest absolute Gasteiger partial charge is 0.0955 e. The first-order valence-corrected chi connectivity index (χ1v) is 5.45. The molecule has 0 unspecified atom stereocenters. The summed E-state index contributed by atoms with van der Waals surface area (Å²) >= 11 is 0. The van der Waals surface area contributed by atoms with Crippen LogP contribution >= 0.6 is 0 Å². The zero-order valence-electron chi connectivity index (χ0n) is 8.65. The second-order valence-electron chi connectivity index (χ2n) is 3.56. The van der Waals surface area contributed by atoms with Gasteiger partial charge in [0.15, 0.2) is 0 Å². The smallest absolute Gasteiger partial charge is 0.0393 e. The molecule has 0 radical (unpaired) electrons. The third-order valence-electron chi connectivity index (χ3n) is 2.16. The number of rotatable bonds is 2. The fourth-order valence-electron chi connectivity index (χ4n) is 1.59. The summed E-state index contributed by atoms with van der Waals surface area (Å²) < 4.78 is 0. The maximum Gasteiger partial charge on any atom is 0.0393 e. The van der Waals surface area contributed by atoms with Crippen LogP contribution in [0.15, 0.2) is 31.4 Å². The third-order valence-corrected chi connectivity index (χ3v) is 2.99. The highest BCUT2D eigenvalue weighted by atomic mass is 28.1. The molecule has 0 N–H and O–H groups in total. The van der Waals surface area contributed by atoms with E-state index in [1.165, 1.54) is 16.3 Å². The Labute approximate surface area is 83.4 Å². The molecule has 1 aromatic rings. The monoisotopic (exact) mass is 188 g/mol. The van der Waals surface area contributed by atoms with Crippen LogP contribution in [0.25, 0.3) is 11.1 Å². The molecular formula is C12H16Si. The van der Waals surface area contributed by atoms with Gasteiger partial charge in [0.25, 0.3) is 0 Å². The van der Waals surface area contributed by atoms with Crippen LogP contribution < -0.4 is 5.19 Å². The Morgan fingerprint density at radius 1 is 1.15 bits per heavy atom. The molecule has 0 saturated heterocycles.